The van der Waals surface area contributed by atoms with Crippen molar-refractivity contribution in [3.8, 4) is 0 Å². The Morgan fingerprint density at radius 3 is 2.33 bits per heavy atom. The van der Waals surface area contributed by atoms with Gasteiger partial charge in [-0.25, -0.2) is 13.2 Å². The van der Waals surface area contributed by atoms with E-state index >= 15 is 0 Å². The molecule has 0 saturated heterocycles. The summed E-state index contributed by atoms with van der Waals surface area (Å²) in [6.45, 7) is 0. The first-order valence-electron chi connectivity index (χ1n) is 3.06. The van der Waals surface area contributed by atoms with Crippen molar-refractivity contribution in [1.82, 2.24) is 0 Å². The molecule has 66 valence electrons. The van der Waals surface area contributed by atoms with E-state index in [2.05, 4.69) is 0 Å². The topological polar surface area (TPSA) is 3.24 Å². The molecule has 0 bridgehead atoms. The zero-order chi connectivity index (χ0) is 9.30. The van der Waals surface area contributed by atoms with Gasteiger partial charge in [-0.1, -0.05) is 0 Å². The average Bonchev–Trinajstić information content (AvgIpc) is 1.96. The lowest BCUT2D eigenvalue weighted by Gasteiger charge is -2.10. The molecule has 0 amide bonds. The van der Waals surface area contributed by atoms with Crippen LogP contribution in [0.1, 0.15) is 0 Å². The van der Waals surface area contributed by atoms with Crippen LogP contribution in [-0.2, 0) is 0 Å². The molecule has 0 atom stereocenters. The molecule has 0 aliphatic carbocycles. The van der Waals surface area contributed by atoms with Gasteiger partial charge in [0.2, 0.25) is 0 Å². The first kappa shape index (κ1) is 9.63. The Morgan fingerprint density at radius 1 is 1.25 bits per heavy atom. The van der Waals surface area contributed by atoms with E-state index in [-0.39, 0.29) is 5.69 Å². The summed E-state index contributed by atoms with van der Waals surface area (Å²) in [5, 5.41) is 0. The first-order chi connectivity index (χ1) is 5.52. The number of halogens is 4. The van der Waals surface area contributed by atoms with Crippen LogP contribution in [0.15, 0.2) is 12.1 Å². The predicted molar refractivity (Wildman–Crippen MR) is 48.7 cm³/mol. The molecule has 12 heavy (non-hydrogen) atoms. The van der Waals surface area contributed by atoms with Crippen LogP contribution in [0.2, 0.25) is 0 Å². The Balaban J connectivity index is 3.28. The fraction of sp³-hybridized carbons (Fsp3) is 0.143. The quantitative estimate of drug-likeness (QED) is 0.436. The molecule has 0 spiro atoms. The van der Waals surface area contributed by atoms with E-state index in [1.807, 2.05) is 0 Å². The zero-order valence-electron chi connectivity index (χ0n) is 6.11. The minimum Gasteiger partial charge on any atom is -0.315 e. The van der Waals surface area contributed by atoms with Crippen molar-refractivity contribution >= 4 is 28.6 Å². The lowest BCUT2D eigenvalue weighted by atomic mass is 10.3. The minimum absolute atomic E-state index is 0.104. The van der Waals surface area contributed by atoms with Crippen LogP contribution in [-0.4, -0.2) is 7.05 Å². The van der Waals surface area contributed by atoms with Gasteiger partial charge < -0.3 is 3.11 Å². The second kappa shape index (κ2) is 3.51. The Hall–Kier alpha value is -0.460. The van der Waals surface area contributed by atoms with E-state index in [4.69, 9.17) is 0 Å². The van der Waals surface area contributed by atoms with Gasteiger partial charge in [-0.3, -0.25) is 0 Å². The van der Waals surface area contributed by atoms with Crippen molar-refractivity contribution in [1.29, 1.82) is 0 Å². The molecule has 0 heterocycles. The van der Waals surface area contributed by atoms with Gasteiger partial charge in [0, 0.05) is 19.2 Å². The molecular formula is C7H5F3IN. The summed E-state index contributed by atoms with van der Waals surface area (Å²) in [6.07, 6.45) is 0. The number of anilines is 1. The third-order valence-corrected chi connectivity index (χ3v) is 1.83. The molecule has 5 heteroatoms. The maximum Gasteiger partial charge on any atom is 0.182 e. The van der Waals surface area contributed by atoms with Crippen LogP contribution in [0.4, 0.5) is 18.9 Å². The maximum atomic E-state index is 12.8. The van der Waals surface area contributed by atoms with Crippen molar-refractivity contribution < 1.29 is 13.2 Å². The molecule has 0 N–H and O–H groups in total. The highest BCUT2D eigenvalue weighted by Crippen LogP contribution is 2.24. The van der Waals surface area contributed by atoms with Crippen molar-refractivity contribution in [2.75, 3.05) is 10.2 Å². The van der Waals surface area contributed by atoms with Gasteiger partial charge in [0.05, 0.1) is 28.6 Å². The molecule has 0 aliphatic rings. The molecule has 0 aromatic heterocycles. The van der Waals surface area contributed by atoms with Crippen LogP contribution < -0.4 is 3.11 Å². The summed E-state index contributed by atoms with van der Waals surface area (Å²) in [7, 11) is 1.50. The highest BCUT2D eigenvalue weighted by Gasteiger charge is 2.12. The summed E-state index contributed by atoms with van der Waals surface area (Å²) in [5.74, 6) is -2.99. The third-order valence-electron chi connectivity index (χ3n) is 1.31. The van der Waals surface area contributed by atoms with E-state index in [9.17, 15) is 13.2 Å². The van der Waals surface area contributed by atoms with Crippen LogP contribution in [0.5, 0.6) is 0 Å². The van der Waals surface area contributed by atoms with E-state index in [1.54, 1.807) is 22.9 Å². The summed E-state index contributed by atoms with van der Waals surface area (Å²) >= 11 is 1.73. The molecule has 0 saturated carbocycles. The standard InChI is InChI=1S/C7H5F3IN/c1-12(11)6-3-4(8)2-5(9)7(6)10/h2-3H,1H3. The molecule has 1 nitrogen and oxygen atoms in total. The predicted octanol–water partition coefficient (Wildman–Crippen LogP) is 2.89. The summed E-state index contributed by atoms with van der Waals surface area (Å²) in [6, 6.07) is 1.45. The highest BCUT2D eigenvalue weighted by atomic mass is 127. The molecule has 1 rings (SSSR count). The Kier molecular flexibility index (Phi) is 2.81. The van der Waals surface area contributed by atoms with E-state index in [0.717, 1.165) is 6.07 Å². The van der Waals surface area contributed by atoms with Crippen molar-refractivity contribution in [3.63, 3.8) is 0 Å². The summed E-state index contributed by atoms with van der Waals surface area (Å²) in [5.41, 5.74) is -0.104. The van der Waals surface area contributed by atoms with Gasteiger partial charge in [0.15, 0.2) is 11.6 Å². The Morgan fingerprint density at radius 2 is 1.83 bits per heavy atom. The lowest BCUT2D eigenvalue weighted by molar-refractivity contribution is 0.497. The molecule has 0 aliphatic heterocycles. The van der Waals surface area contributed by atoms with Crippen LogP contribution >= 0.6 is 22.9 Å². The molecule has 1 aromatic rings. The normalized spacial score (nSPS) is 10.1. The lowest BCUT2D eigenvalue weighted by Crippen LogP contribution is -2.04. The smallest absolute Gasteiger partial charge is 0.182 e. The monoisotopic (exact) mass is 287 g/mol. The third kappa shape index (κ3) is 1.82. The Bertz CT molecular complexity index is 301. The minimum atomic E-state index is -1.17. The van der Waals surface area contributed by atoms with Crippen molar-refractivity contribution in [3.05, 3.63) is 29.6 Å². The number of hydrogen-bond donors (Lipinski definition) is 0. The van der Waals surface area contributed by atoms with Gasteiger partial charge in [-0.15, -0.1) is 0 Å². The van der Waals surface area contributed by atoms with Gasteiger partial charge >= 0.3 is 0 Å². The summed E-state index contributed by atoms with van der Waals surface area (Å²) < 4.78 is 39.2. The second-order valence-electron chi connectivity index (χ2n) is 2.20. The van der Waals surface area contributed by atoms with Crippen LogP contribution in [0, 0.1) is 17.5 Å². The molecule has 1 aromatic carbocycles. The van der Waals surface area contributed by atoms with E-state index in [0.29, 0.717) is 6.07 Å². The van der Waals surface area contributed by atoms with Crippen LogP contribution in [0.3, 0.4) is 0 Å². The zero-order valence-corrected chi connectivity index (χ0v) is 8.27. The molecule has 0 fully saturated rings. The fourth-order valence-electron chi connectivity index (χ4n) is 0.767. The summed E-state index contributed by atoms with van der Waals surface area (Å²) in [4.78, 5) is 0. The van der Waals surface area contributed by atoms with Gasteiger partial charge in [0.25, 0.3) is 0 Å². The number of rotatable bonds is 1. The van der Waals surface area contributed by atoms with Crippen molar-refractivity contribution in [2.45, 2.75) is 0 Å². The molecular weight excluding hydrogens is 282 g/mol. The first-order valence-corrected chi connectivity index (χ1v) is 4.03. The van der Waals surface area contributed by atoms with Crippen LogP contribution in [0.25, 0.3) is 0 Å². The fourth-order valence-corrected chi connectivity index (χ4v) is 1.12. The number of benzene rings is 1. The average molecular weight is 287 g/mol. The Labute approximate surface area is 81.7 Å². The highest BCUT2D eigenvalue weighted by molar-refractivity contribution is 14.1. The largest absolute Gasteiger partial charge is 0.315 e. The second-order valence-corrected chi connectivity index (χ2v) is 3.65. The van der Waals surface area contributed by atoms with Gasteiger partial charge in [-0.2, -0.15) is 0 Å². The molecule has 0 radical (unpaired) electrons. The molecule has 0 unspecified atom stereocenters. The number of hydrogen-bond acceptors (Lipinski definition) is 1. The van der Waals surface area contributed by atoms with Gasteiger partial charge in [0.1, 0.15) is 5.82 Å². The number of nitrogens with zero attached hydrogens (tertiary/aromatic N) is 1. The van der Waals surface area contributed by atoms with Crippen molar-refractivity contribution in [2.24, 2.45) is 0 Å². The van der Waals surface area contributed by atoms with E-state index < -0.39 is 17.5 Å². The van der Waals surface area contributed by atoms with E-state index in [1.165, 1.54) is 10.2 Å². The SMILES string of the molecule is CN(I)c1cc(F)cc(F)c1F. The maximum absolute atomic E-state index is 12.8. The van der Waals surface area contributed by atoms with Gasteiger partial charge in [-0.05, 0) is 0 Å².